The van der Waals surface area contributed by atoms with Gasteiger partial charge >= 0.3 is 0 Å². The van der Waals surface area contributed by atoms with Gasteiger partial charge < -0.3 is 15.4 Å². The van der Waals surface area contributed by atoms with Gasteiger partial charge in [-0.15, -0.1) is 24.0 Å². The predicted molar refractivity (Wildman–Crippen MR) is 112 cm³/mol. The molecule has 0 aliphatic carbocycles. The van der Waals surface area contributed by atoms with Crippen LogP contribution in [0.15, 0.2) is 47.5 Å². The van der Waals surface area contributed by atoms with Crippen LogP contribution in [-0.4, -0.2) is 33.2 Å². The summed E-state index contributed by atoms with van der Waals surface area (Å²) < 4.78 is 32.3. The first-order chi connectivity index (χ1) is 12.1. The molecule has 0 heterocycles. The molecular formula is C19H24F2IN3O. The van der Waals surface area contributed by atoms with Crippen molar-refractivity contribution >= 4 is 29.9 Å². The highest BCUT2D eigenvalue weighted by Gasteiger charge is 2.08. The van der Waals surface area contributed by atoms with Crippen molar-refractivity contribution in [2.75, 3.05) is 27.2 Å². The molecule has 4 nitrogen and oxygen atoms in total. The largest absolute Gasteiger partial charge is 0.497 e. The maximum absolute atomic E-state index is 13.6. The van der Waals surface area contributed by atoms with E-state index in [1.807, 2.05) is 24.3 Å². The Bertz CT molecular complexity index is 688. The van der Waals surface area contributed by atoms with Crippen LogP contribution in [0.2, 0.25) is 0 Å². The minimum Gasteiger partial charge on any atom is -0.497 e. The highest BCUT2D eigenvalue weighted by atomic mass is 127. The third kappa shape index (κ3) is 6.78. The second-order valence-corrected chi connectivity index (χ2v) is 5.47. The van der Waals surface area contributed by atoms with Crippen LogP contribution < -0.4 is 15.4 Å². The van der Waals surface area contributed by atoms with Gasteiger partial charge in [0.05, 0.1) is 7.11 Å². The molecule has 0 aromatic heterocycles. The predicted octanol–water partition coefficient (Wildman–Crippen LogP) is 3.54. The lowest BCUT2D eigenvalue weighted by Crippen LogP contribution is -2.39. The van der Waals surface area contributed by atoms with Crippen molar-refractivity contribution in [2.24, 2.45) is 4.99 Å². The average molecular weight is 475 g/mol. The van der Waals surface area contributed by atoms with Gasteiger partial charge in [0.15, 0.2) is 5.96 Å². The van der Waals surface area contributed by atoms with E-state index >= 15 is 0 Å². The van der Waals surface area contributed by atoms with Crippen LogP contribution in [-0.2, 0) is 12.8 Å². The Labute approximate surface area is 170 Å². The van der Waals surface area contributed by atoms with Crippen molar-refractivity contribution in [3.05, 3.63) is 65.2 Å². The molecule has 0 spiro atoms. The quantitative estimate of drug-likeness (QED) is 0.366. The highest BCUT2D eigenvalue weighted by Crippen LogP contribution is 2.12. The minimum atomic E-state index is -0.524. The van der Waals surface area contributed by atoms with Crippen LogP contribution in [0.3, 0.4) is 0 Å². The smallest absolute Gasteiger partial charge is 0.190 e. The number of hydrogen-bond acceptors (Lipinski definition) is 2. The molecule has 0 fully saturated rings. The highest BCUT2D eigenvalue weighted by molar-refractivity contribution is 14.0. The SMILES string of the molecule is CN=C(NCCc1ccc(OC)cc1)NCCc1c(F)cccc1F.I. The Balaban J connectivity index is 0.00000338. The lowest BCUT2D eigenvalue weighted by molar-refractivity contribution is 0.414. The molecule has 0 amide bonds. The molecule has 0 unspecified atom stereocenters. The summed E-state index contributed by atoms with van der Waals surface area (Å²) in [6.45, 7) is 1.08. The lowest BCUT2D eigenvalue weighted by atomic mass is 10.1. The number of rotatable bonds is 7. The first kappa shape index (κ1) is 22.1. The van der Waals surface area contributed by atoms with Crippen LogP contribution in [0.5, 0.6) is 5.75 Å². The van der Waals surface area contributed by atoms with Crippen molar-refractivity contribution < 1.29 is 13.5 Å². The maximum Gasteiger partial charge on any atom is 0.190 e. The minimum absolute atomic E-state index is 0. The van der Waals surface area contributed by atoms with E-state index in [9.17, 15) is 8.78 Å². The zero-order valence-electron chi connectivity index (χ0n) is 14.9. The van der Waals surface area contributed by atoms with Gasteiger partial charge in [0, 0.05) is 25.7 Å². The Hall–Kier alpha value is -1.90. The molecule has 0 bridgehead atoms. The van der Waals surface area contributed by atoms with E-state index in [4.69, 9.17) is 4.74 Å². The number of methoxy groups -OCH3 is 1. The Morgan fingerprint density at radius 3 is 2.08 bits per heavy atom. The number of aliphatic imine (C=N–C) groups is 1. The summed E-state index contributed by atoms with van der Waals surface area (Å²) in [6, 6.07) is 11.8. The number of ether oxygens (including phenoxy) is 1. The average Bonchev–Trinajstić information content (AvgIpc) is 2.63. The fourth-order valence-electron chi connectivity index (χ4n) is 2.42. The zero-order valence-corrected chi connectivity index (χ0v) is 17.2. The Morgan fingerprint density at radius 1 is 0.962 bits per heavy atom. The number of guanidine groups is 1. The van der Waals surface area contributed by atoms with Gasteiger partial charge in [-0.2, -0.15) is 0 Å². The fourth-order valence-corrected chi connectivity index (χ4v) is 2.42. The number of hydrogen-bond donors (Lipinski definition) is 2. The van der Waals surface area contributed by atoms with Gasteiger partial charge in [-0.1, -0.05) is 18.2 Å². The zero-order chi connectivity index (χ0) is 18.1. The van der Waals surface area contributed by atoms with Gasteiger partial charge in [-0.3, -0.25) is 4.99 Å². The summed E-state index contributed by atoms with van der Waals surface area (Å²) in [5.41, 5.74) is 1.26. The first-order valence-electron chi connectivity index (χ1n) is 8.14. The molecule has 2 aromatic rings. The summed E-state index contributed by atoms with van der Waals surface area (Å²) in [5, 5.41) is 6.24. The van der Waals surface area contributed by atoms with E-state index < -0.39 is 11.6 Å². The summed E-state index contributed by atoms with van der Waals surface area (Å²) >= 11 is 0. The third-order valence-corrected chi connectivity index (χ3v) is 3.82. The van der Waals surface area contributed by atoms with Crippen LogP contribution in [0.1, 0.15) is 11.1 Å². The normalized spacial score (nSPS) is 10.8. The van der Waals surface area contributed by atoms with E-state index in [2.05, 4.69) is 15.6 Å². The summed E-state index contributed by atoms with van der Waals surface area (Å²) in [7, 11) is 3.30. The molecule has 142 valence electrons. The second-order valence-electron chi connectivity index (χ2n) is 5.47. The second kappa shape index (κ2) is 11.7. The molecule has 0 saturated heterocycles. The molecule has 0 aliphatic rings. The summed E-state index contributed by atoms with van der Waals surface area (Å²) in [4.78, 5) is 4.11. The molecule has 7 heteroatoms. The van der Waals surface area contributed by atoms with Gasteiger partial charge in [-0.25, -0.2) is 8.78 Å². The van der Waals surface area contributed by atoms with Gasteiger partial charge in [0.2, 0.25) is 0 Å². The Morgan fingerprint density at radius 2 is 1.54 bits per heavy atom. The molecule has 0 atom stereocenters. The van der Waals surface area contributed by atoms with Gasteiger partial charge in [0.1, 0.15) is 17.4 Å². The van der Waals surface area contributed by atoms with Crippen LogP contribution in [0, 0.1) is 11.6 Å². The van der Waals surface area contributed by atoms with Crippen LogP contribution in [0.25, 0.3) is 0 Å². The number of nitrogens with one attached hydrogen (secondary N) is 2. The Kier molecular flexibility index (Phi) is 9.93. The third-order valence-electron chi connectivity index (χ3n) is 3.82. The van der Waals surface area contributed by atoms with Gasteiger partial charge in [-0.05, 0) is 42.7 Å². The number of nitrogens with zero attached hydrogens (tertiary/aromatic N) is 1. The van der Waals surface area contributed by atoms with Crippen LogP contribution in [0.4, 0.5) is 8.78 Å². The standard InChI is InChI=1S/C19H23F2N3O.HI/c1-22-19(23-12-10-14-6-8-15(25-2)9-7-14)24-13-11-16-17(20)4-3-5-18(16)21;/h3-9H,10-13H2,1-2H3,(H2,22,23,24);1H. The number of benzene rings is 2. The van der Waals surface area contributed by atoms with Gasteiger partial charge in [0.25, 0.3) is 0 Å². The first-order valence-corrected chi connectivity index (χ1v) is 8.14. The van der Waals surface area contributed by atoms with Crippen molar-refractivity contribution in [1.82, 2.24) is 10.6 Å². The molecule has 2 rings (SSSR count). The molecule has 2 N–H and O–H groups in total. The van der Waals surface area contributed by atoms with Crippen LogP contribution >= 0.6 is 24.0 Å². The summed E-state index contributed by atoms with van der Waals surface area (Å²) in [6.07, 6.45) is 1.07. The molecule has 0 radical (unpaired) electrons. The van der Waals surface area contributed by atoms with Crippen molar-refractivity contribution in [2.45, 2.75) is 12.8 Å². The van der Waals surface area contributed by atoms with E-state index in [0.717, 1.165) is 12.2 Å². The van der Waals surface area contributed by atoms with E-state index in [-0.39, 0.29) is 36.0 Å². The monoisotopic (exact) mass is 475 g/mol. The molecule has 0 saturated carbocycles. The summed E-state index contributed by atoms with van der Waals surface area (Å²) in [5.74, 6) is 0.383. The molecule has 26 heavy (non-hydrogen) atoms. The van der Waals surface area contributed by atoms with E-state index in [1.54, 1.807) is 14.2 Å². The van der Waals surface area contributed by atoms with Crippen molar-refractivity contribution in [3.63, 3.8) is 0 Å². The lowest BCUT2D eigenvalue weighted by Gasteiger charge is -2.12. The maximum atomic E-state index is 13.6. The van der Waals surface area contributed by atoms with Crippen molar-refractivity contribution in [3.8, 4) is 5.75 Å². The van der Waals surface area contributed by atoms with E-state index in [0.29, 0.717) is 19.0 Å². The molecule has 2 aromatic carbocycles. The van der Waals surface area contributed by atoms with E-state index in [1.165, 1.54) is 23.8 Å². The fraction of sp³-hybridized carbons (Fsp3) is 0.316. The van der Waals surface area contributed by atoms with Crippen molar-refractivity contribution in [1.29, 1.82) is 0 Å². The molecule has 0 aliphatic heterocycles. The number of halogens is 3. The topological polar surface area (TPSA) is 45.7 Å². The molecular weight excluding hydrogens is 451 g/mol.